The third-order valence-corrected chi connectivity index (χ3v) is 4.99. The summed E-state index contributed by atoms with van der Waals surface area (Å²) in [7, 11) is 1.50. The van der Waals surface area contributed by atoms with E-state index in [0.717, 1.165) is 16.2 Å². The maximum Gasteiger partial charge on any atom is 0.416 e. The summed E-state index contributed by atoms with van der Waals surface area (Å²) in [6, 6.07) is 13.0. The van der Waals surface area contributed by atoms with Gasteiger partial charge in [0.2, 0.25) is 0 Å². The van der Waals surface area contributed by atoms with Crippen molar-refractivity contribution in [3.8, 4) is 17.2 Å². The number of hydrogen-bond acceptors (Lipinski definition) is 7. The molecule has 0 saturated heterocycles. The molecule has 0 fully saturated rings. The summed E-state index contributed by atoms with van der Waals surface area (Å²) in [5.41, 5.74) is 1.44. The maximum atomic E-state index is 12.8. The lowest BCUT2D eigenvalue weighted by atomic mass is 10.1. The van der Waals surface area contributed by atoms with Crippen LogP contribution >= 0.6 is 0 Å². The van der Waals surface area contributed by atoms with E-state index < -0.39 is 24.6 Å². The summed E-state index contributed by atoms with van der Waals surface area (Å²) >= 11 is 0. The number of benzene rings is 2. The van der Waals surface area contributed by atoms with Gasteiger partial charge in [0, 0.05) is 13.0 Å². The van der Waals surface area contributed by atoms with Gasteiger partial charge in [-0.25, -0.2) is 9.78 Å². The smallest absolute Gasteiger partial charge is 0.416 e. The van der Waals surface area contributed by atoms with Gasteiger partial charge in [-0.3, -0.25) is 9.69 Å². The molecule has 0 bridgehead atoms. The Labute approximate surface area is 191 Å². The van der Waals surface area contributed by atoms with Gasteiger partial charge < -0.3 is 23.7 Å². The van der Waals surface area contributed by atoms with Gasteiger partial charge in [0.05, 0.1) is 13.2 Å². The number of carbonyl (C=O) groups excluding carboxylic acids is 1. The molecule has 0 saturated carbocycles. The SMILES string of the molecule is COc1cccc(OC(=O)N(CC(=O)O)[C@H](C)c2ccc(OCc3nc(C)oc3C)cc2)c1. The fraction of sp³-hybridized carbons (Fsp3) is 0.292. The van der Waals surface area contributed by atoms with Crippen molar-refractivity contribution in [1.29, 1.82) is 0 Å². The molecule has 1 heterocycles. The van der Waals surface area contributed by atoms with Crippen LogP contribution in [0.4, 0.5) is 4.79 Å². The second-order valence-electron chi connectivity index (χ2n) is 7.34. The van der Waals surface area contributed by atoms with Crippen LogP contribution in [-0.4, -0.2) is 40.7 Å². The Morgan fingerprint density at radius 3 is 2.39 bits per heavy atom. The van der Waals surface area contributed by atoms with E-state index in [4.69, 9.17) is 18.6 Å². The fourth-order valence-electron chi connectivity index (χ4n) is 3.21. The average molecular weight is 454 g/mol. The van der Waals surface area contributed by atoms with Crippen molar-refractivity contribution in [3.05, 3.63) is 71.4 Å². The monoisotopic (exact) mass is 454 g/mol. The lowest BCUT2D eigenvalue weighted by Crippen LogP contribution is -2.39. The van der Waals surface area contributed by atoms with E-state index in [1.807, 2.05) is 6.92 Å². The second kappa shape index (κ2) is 10.5. The number of carboxylic acids is 1. The van der Waals surface area contributed by atoms with Crippen molar-refractivity contribution >= 4 is 12.1 Å². The molecule has 0 aliphatic rings. The Hall–Kier alpha value is -4.01. The zero-order valence-electron chi connectivity index (χ0n) is 18.9. The molecular weight excluding hydrogens is 428 g/mol. The molecule has 0 aliphatic carbocycles. The van der Waals surface area contributed by atoms with E-state index in [9.17, 15) is 14.7 Å². The molecule has 3 rings (SSSR count). The molecule has 0 aliphatic heterocycles. The first-order valence-corrected chi connectivity index (χ1v) is 10.3. The minimum Gasteiger partial charge on any atom is -0.497 e. The highest BCUT2D eigenvalue weighted by Crippen LogP contribution is 2.26. The van der Waals surface area contributed by atoms with Crippen molar-refractivity contribution in [3.63, 3.8) is 0 Å². The van der Waals surface area contributed by atoms with Crippen LogP contribution in [0, 0.1) is 13.8 Å². The first-order valence-electron chi connectivity index (χ1n) is 10.3. The minimum absolute atomic E-state index is 0.254. The van der Waals surface area contributed by atoms with Gasteiger partial charge in [0.25, 0.3) is 0 Å². The van der Waals surface area contributed by atoms with E-state index >= 15 is 0 Å². The predicted octanol–water partition coefficient (Wildman–Crippen LogP) is 4.53. The highest BCUT2D eigenvalue weighted by atomic mass is 16.6. The Morgan fingerprint density at radius 2 is 1.79 bits per heavy atom. The molecule has 0 spiro atoms. The topological polar surface area (TPSA) is 111 Å². The van der Waals surface area contributed by atoms with Crippen molar-refractivity contribution in [2.45, 2.75) is 33.4 Å². The van der Waals surface area contributed by atoms with Crippen LogP contribution in [0.3, 0.4) is 0 Å². The molecule has 1 aromatic heterocycles. The van der Waals surface area contributed by atoms with Crippen LogP contribution < -0.4 is 14.2 Å². The highest BCUT2D eigenvalue weighted by molar-refractivity contribution is 5.78. The van der Waals surface area contributed by atoms with Crippen LogP contribution in [0.5, 0.6) is 17.2 Å². The molecule has 0 unspecified atom stereocenters. The summed E-state index contributed by atoms with van der Waals surface area (Å²) < 4.78 is 21.7. The Bertz CT molecular complexity index is 1110. The van der Waals surface area contributed by atoms with E-state index in [-0.39, 0.29) is 12.4 Å². The molecule has 2 aromatic carbocycles. The van der Waals surface area contributed by atoms with Crippen LogP contribution in [0.15, 0.2) is 52.9 Å². The van der Waals surface area contributed by atoms with Crippen LogP contribution in [0.2, 0.25) is 0 Å². The lowest BCUT2D eigenvalue weighted by Gasteiger charge is -2.27. The van der Waals surface area contributed by atoms with Crippen molar-refractivity contribution in [1.82, 2.24) is 9.88 Å². The largest absolute Gasteiger partial charge is 0.497 e. The predicted molar refractivity (Wildman–Crippen MR) is 119 cm³/mol. The Balaban J connectivity index is 1.70. The number of ether oxygens (including phenoxy) is 3. The van der Waals surface area contributed by atoms with Crippen molar-refractivity contribution in [2.75, 3.05) is 13.7 Å². The third-order valence-electron chi connectivity index (χ3n) is 4.99. The van der Waals surface area contributed by atoms with Gasteiger partial charge in [-0.1, -0.05) is 18.2 Å². The third kappa shape index (κ3) is 6.25. The zero-order valence-corrected chi connectivity index (χ0v) is 18.9. The normalized spacial score (nSPS) is 11.5. The Kier molecular flexibility index (Phi) is 7.55. The second-order valence-corrected chi connectivity index (χ2v) is 7.34. The van der Waals surface area contributed by atoms with E-state index in [1.54, 1.807) is 62.4 Å². The number of rotatable bonds is 9. The number of nitrogens with zero attached hydrogens (tertiary/aromatic N) is 2. The molecular formula is C24H26N2O7. The molecule has 174 valence electrons. The number of oxazole rings is 1. The number of carboxylic acid groups (broad SMARTS) is 1. The van der Waals surface area contributed by atoms with Gasteiger partial charge in [-0.05, 0) is 43.7 Å². The zero-order chi connectivity index (χ0) is 24.0. The number of aliphatic carboxylic acids is 1. The standard InChI is InChI=1S/C24H26N2O7/c1-15(18-8-10-19(11-9-18)31-14-22-16(2)32-17(3)25-22)26(13-23(27)28)24(29)33-21-7-5-6-20(12-21)30-4/h5-12,15H,13-14H2,1-4H3,(H,27,28)/t15-/m1/s1. The number of aryl methyl sites for hydroxylation is 2. The van der Waals surface area contributed by atoms with Crippen LogP contribution in [0.1, 0.15) is 35.9 Å². The number of carbonyl (C=O) groups is 2. The average Bonchev–Trinajstić information content (AvgIpc) is 3.12. The molecule has 1 atom stereocenters. The molecule has 9 nitrogen and oxygen atoms in total. The van der Waals surface area contributed by atoms with Crippen LogP contribution in [0.25, 0.3) is 0 Å². The molecule has 33 heavy (non-hydrogen) atoms. The number of amides is 1. The Morgan fingerprint density at radius 1 is 1.09 bits per heavy atom. The van der Waals surface area contributed by atoms with Crippen molar-refractivity contribution in [2.24, 2.45) is 0 Å². The summed E-state index contributed by atoms with van der Waals surface area (Å²) in [5.74, 6) is 1.51. The van der Waals surface area contributed by atoms with E-state index in [1.165, 1.54) is 7.11 Å². The van der Waals surface area contributed by atoms with Gasteiger partial charge >= 0.3 is 12.1 Å². The summed E-state index contributed by atoms with van der Waals surface area (Å²) in [4.78, 5) is 29.6. The van der Waals surface area contributed by atoms with Crippen molar-refractivity contribution < 1.29 is 33.3 Å². The lowest BCUT2D eigenvalue weighted by molar-refractivity contribution is -0.138. The summed E-state index contributed by atoms with van der Waals surface area (Å²) in [5, 5.41) is 9.32. The van der Waals surface area contributed by atoms with Gasteiger partial charge in [0.15, 0.2) is 5.89 Å². The number of aromatic nitrogens is 1. The van der Waals surface area contributed by atoms with Gasteiger partial charge in [-0.2, -0.15) is 0 Å². The van der Waals surface area contributed by atoms with Gasteiger partial charge in [-0.15, -0.1) is 0 Å². The van der Waals surface area contributed by atoms with Crippen LogP contribution in [-0.2, 0) is 11.4 Å². The summed E-state index contributed by atoms with van der Waals surface area (Å²) in [6.45, 7) is 5.07. The number of methoxy groups -OCH3 is 1. The maximum absolute atomic E-state index is 12.8. The minimum atomic E-state index is -1.15. The van der Waals surface area contributed by atoms with E-state index in [2.05, 4.69) is 4.98 Å². The number of hydrogen-bond donors (Lipinski definition) is 1. The molecule has 1 N–H and O–H groups in total. The molecule has 0 radical (unpaired) electrons. The molecule has 9 heteroatoms. The first-order chi connectivity index (χ1) is 15.8. The van der Waals surface area contributed by atoms with E-state index in [0.29, 0.717) is 23.1 Å². The fourth-order valence-corrected chi connectivity index (χ4v) is 3.21. The molecule has 3 aromatic rings. The first kappa shape index (κ1) is 23.6. The van der Waals surface area contributed by atoms with Gasteiger partial charge in [0.1, 0.15) is 41.9 Å². The quantitative estimate of drug-likeness (QED) is 0.502. The molecule has 1 amide bonds. The summed E-state index contributed by atoms with van der Waals surface area (Å²) in [6.07, 6.45) is -0.782. The highest BCUT2D eigenvalue weighted by Gasteiger charge is 2.26.